The average Bonchev–Trinajstić information content (AvgIpc) is 3.61. The fourth-order valence-electron chi connectivity index (χ4n) is 5.59. The first kappa shape index (κ1) is 29.5. The summed E-state index contributed by atoms with van der Waals surface area (Å²) in [6.07, 6.45) is -1.07. The van der Waals surface area contributed by atoms with Crippen LogP contribution < -0.4 is 5.32 Å². The molecule has 0 saturated carbocycles. The van der Waals surface area contributed by atoms with E-state index < -0.39 is 11.7 Å². The lowest BCUT2D eigenvalue weighted by molar-refractivity contribution is -0.894. The van der Waals surface area contributed by atoms with Crippen molar-refractivity contribution in [3.05, 3.63) is 83.7 Å². The zero-order valence-corrected chi connectivity index (χ0v) is 25.1. The Morgan fingerprint density at radius 3 is 2.45 bits per heavy atom. The molecule has 5 aromatic rings. The molecule has 0 atom stereocenters. The number of nitrogens with zero attached hydrogens (tertiary/aromatic N) is 7. The molecule has 12 heteroatoms. The first-order valence-corrected chi connectivity index (χ1v) is 14.4. The molecule has 1 amide bonds. The number of amides is 1. The number of anilines is 1. The monoisotopic (exact) mass is 603 g/mol. The van der Waals surface area contributed by atoms with Crippen LogP contribution in [0.3, 0.4) is 0 Å². The number of alkyl halides is 3. The minimum Gasteiger partial charge on any atom is -0.326 e. The maximum absolute atomic E-state index is 13.8. The summed E-state index contributed by atoms with van der Waals surface area (Å²) < 4.78 is 45.5. The fraction of sp³-hybridized carbons (Fsp3) is 0.312. The van der Waals surface area contributed by atoms with Crippen molar-refractivity contribution in [2.45, 2.75) is 20.0 Å². The molecule has 1 N–H and O–H groups in total. The van der Waals surface area contributed by atoms with Crippen molar-refractivity contribution in [3.63, 3.8) is 0 Å². The molecule has 0 radical (unpaired) electrons. The Balaban J connectivity index is 1.43. The molecule has 44 heavy (non-hydrogen) atoms. The highest BCUT2D eigenvalue weighted by molar-refractivity contribution is 5.92. The predicted octanol–water partition coefficient (Wildman–Crippen LogP) is 5.22. The van der Waals surface area contributed by atoms with Gasteiger partial charge in [-0.25, -0.2) is 9.20 Å². The standard InChI is InChI=1S/C32H33F3N8O/c1-21-8-10-25(11-9-21)42-27(12-13-36-42)26-19-41-30(29(22(26)2)23-6-5-7-24(18-23)32(33,34)35)38-31(39-41)37-28(44)20-40-14-16-43(3,4)17-15-40/h5-13,18-19H,14-17,20H2,1-4H3/p+1. The van der Waals surface area contributed by atoms with Crippen molar-refractivity contribution in [2.75, 3.05) is 52.1 Å². The molecular formula is C32H34F3N8O+. The van der Waals surface area contributed by atoms with E-state index in [9.17, 15) is 18.0 Å². The second-order valence-corrected chi connectivity index (χ2v) is 12.0. The summed E-state index contributed by atoms with van der Waals surface area (Å²) in [6, 6.07) is 14.9. The largest absolute Gasteiger partial charge is 0.416 e. The average molecular weight is 604 g/mol. The predicted molar refractivity (Wildman–Crippen MR) is 162 cm³/mol. The van der Waals surface area contributed by atoms with E-state index in [0.717, 1.165) is 59.7 Å². The Labute approximate surface area is 253 Å². The minimum atomic E-state index is -4.52. The molecule has 0 unspecified atom stereocenters. The van der Waals surface area contributed by atoms with Gasteiger partial charge in [-0.1, -0.05) is 29.8 Å². The Kier molecular flexibility index (Phi) is 7.50. The van der Waals surface area contributed by atoms with Gasteiger partial charge in [0, 0.05) is 30.4 Å². The van der Waals surface area contributed by atoms with Gasteiger partial charge in [-0.05, 0) is 55.3 Å². The summed E-state index contributed by atoms with van der Waals surface area (Å²) in [6.45, 7) is 7.55. The molecule has 0 bridgehead atoms. The fourth-order valence-corrected chi connectivity index (χ4v) is 5.59. The summed E-state index contributed by atoms with van der Waals surface area (Å²) in [5.41, 5.74) is 4.46. The number of piperazine rings is 1. The molecule has 1 fully saturated rings. The molecule has 3 aromatic heterocycles. The van der Waals surface area contributed by atoms with E-state index in [1.807, 2.05) is 44.2 Å². The lowest BCUT2D eigenvalue weighted by atomic mass is 9.95. The van der Waals surface area contributed by atoms with Crippen molar-refractivity contribution in [1.82, 2.24) is 29.3 Å². The molecular weight excluding hydrogens is 569 g/mol. The second-order valence-electron chi connectivity index (χ2n) is 12.0. The van der Waals surface area contributed by atoms with Crippen molar-refractivity contribution in [2.24, 2.45) is 0 Å². The van der Waals surface area contributed by atoms with Crippen LogP contribution in [0.25, 0.3) is 33.7 Å². The van der Waals surface area contributed by atoms with Crippen LogP contribution in [0.15, 0.2) is 67.0 Å². The molecule has 4 heterocycles. The van der Waals surface area contributed by atoms with Gasteiger partial charge in [-0.3, -0.25) is 15.0 Å². The Hall–Kier alpha value is -4.55. The number of hydrogen-bond acceptors (Lipinski definition) is 5. The molecule has 0 aliphatic carbocycles. The maximum Gasteiger partial charge on any atom is 0.416 e. The number of aromatic nitrogens is 5. The number of rotatable bonds is 6. The van der Waals surface area contributed by atoms with Gasteiger partial charge < -0.3 is 4.48 Å². The molecule has 9 nitrogen and oxygen atoms in total. The van der Waals surface area contributed by atoms with Gasteiger partial charge in [0.15, 0.2) is 5.65 Å². The van der Waals surface area contributed by atoms with Crippen molar-refractivity contribution < 1.29 is 22.4 Å². The van der Waals surface area contributed by atoms with E-state index in [-0.39, 0.29) is 18.4 Å². The number of aryl methyl sites for hydroxylation is 1. The third-order valence-corrected chi connectivity index (χ3v) is 8.22. The molecule has 6 rings (SSSR count). The van der Waals surface area contributed by atoms with Crippen LogP contribution in [-0.2, 0) is 11.0 Å². The minimum absolute atomic E-state index is 0.0833. The van der Waals surface area contributed by atoms with Crippen LogP contribution in [0, 0.1) is 13.8 Å². The summed E-state index contributed by atoms with van der Waals surface area (Å²) in [7, 11) is 4.34. The molecule has 228 valence electrons. The first-order valence-electron chi connectivity index (χ1n) is 14.4. The van der Waals surface area contributed by atoms with Crippen molar-refractivity contribution >= 4 is 17.5 Å². The van der Waals surface area contributed by atoms with Crippen LogP contribution >= 0.6 is 0 Å². The highest BCUT2D eigenvalue weighted by Gasteiger charge is 2.31. The number of carbonyl (C=O) groups is 1. The Morgan fingerprint density at radius 1 is 1.02 bits per heavy atom. The third-order valence-electron chi connectivity index (χ3n) is 8.22. The number of fused-ring (bicyclic) bond motifs is 1. The van der Waals surface area contributed by atoms with Gasteiger partial charge in [0.1, 0.15) is 0 Å². The van der Waals surface area contributed by atoms with E-state index in [2.05, 4.69) is 39.5 Å². The van der Waals surface area contributed by atoms with E-state index >= 15 is 0 Å². The van der Waals surface area contributed by atoms with Crippen LogP contribution in [0.2, 0.25) is 0 Å². The van der Waals surface area contributed by atoms with Crippen LogP contribution in [0.5, 0.6) is 0 Å². The summed E-state index contributed by atoms with van der Waals surface area (Å²) in [4.78, 5) is 19.7. The smallest absolute Gasteiger partial charge is 0.326 e. The Morgan fingerprint density at radius 2 is 1.75 bits per heavy atom. The number of likely N-dealkylation sites (N-methyl/N-ethyl adjacent to an activating group) is 1. The number of pyridine rings is 1. The first-order chi connectivity index (χ1) is 20.9. The van der Waals surface area contributed by atoms with Crippen molar-refractivity contribution in [1.29, 1.82) is 0 Å². The van der Waals surface area contributed by atoms with Gasteiger partial charge in [-0.2, -0.15) is 23.3 Å². The van der Waals surface area contributed by atoms with Crippen LogP contribution in [0.4, 0.5) is 19.1 Å². The molecule has 1 saturated heterocycles. The second kappa shape index (κ2) is 11.2. The number of nitrogens with one attached hydrogen (secondary N) is 1. The third kappa shape index (κ3) is 5.95. The number of benzene rings is 2. The zero-order valence-electron chi connectivity index (χ0n) is 25.1. The highest BCUT2D eigenvalue weighted by Crippen LogP contribution is 2.38. The number of quaternary nitrogens is 1. The number of hydrogen-bond donors (Lipinski definition) is 1. The van der Waals surface area contributed by atoms with Gasteiger partial charge in [0.2, 0.25) is 11.9 Å². The summed E-state index contributed by atoms with van der Waals surface area (Å²) in [5.74, 6) is -0.164. The molecule has 1 aliphatic rings. The summed E-state index contributed by atoms with van der Waals surface area (Å²) >= 11 is 0. The number of halogens is 3. The lowest BCUT2D eigenvalue weighted by Crippen LogP contribution is -2.55. The van der Waals surface area contributed by atoms with E-state index in [1.165, 1.54) is 10.6 Å². The Bertz CT molecular complexity index is 1830. The van der Waals surface area contributed by atoms with Crippen LogP contribution in [0.1, 0.15) is 16.7 Å². The van der Waals surface area contributed by atoms with Gasteiger partial charge in [0.25, 0.3) is 0 Å². The van der Waals surface area contributed by atoms with Crippen LogP contribution in [-0.4, -0.2) is 86.5 Å². The quantitative estimate of drug-likeness (QED) is 0.270. The molecule has 0 spiro atoms. The van der Waals surface area contributed by atoms with E-state index in [1.54, 1.807) is 23.1 Å². The normalized spacial score (nSPS) is 15.5. The topological polar surface area (TPSA) is 80.3 Å². The molecule has 1 aliphatic heterocycles. The van der Waals surface area contributed by atoms with Crippen molar-refractivity contribution in [3.8, 4) is 28.1 Å². The number of carbonyl (C=O) groups excluding carboxylic acids is 1. The lowest BCUT2D eigenvalue weighted by Gasteiger charge is -2.38. The van der Waals surface area contributed by atoms with Gasteiger partial charge in [-0.15, -0.1) is 5.10 Å². The van der Waals surface area contributed by atoms with Gasteiger partial charge in [0.05, 0.1) is 56.9 Å². The maximum atomic E-state index is 13.8. The SMILES string of the molecule is Cc1ccc(-n2nccc2-c2cn3nc(NC(=O)CN4CC[N+](C)(C)CC4)nc3c(-c3cccc(C(F)(F)F)c3)c2C)cc1. The highest BCUT2D eigenvalue weighted by atomic mass is 19.4. The zero-order chi connectivity index (χ0) is 31.2. The molecule has 2 aromatic carbocycles. The van der Waals surface area contributed by atoms with E-state index in [4.69, 9.17) is 0 Å². The van der Waals surface area contributed by atoms with Gasteiger partial charge >= 0.3 is 6.18 Å². The van der Waals surface area contributed by atoms with E-state index in [0.29, 0.717) is 27.9 Å². The summed E-state index contributed by atoms with van der Waals surface area (Å²) in [5, 5.41) is 11.9.